The Morgan fingerprint density at radius 2 is 1.89 bits per heavy atom. The third-order valence-electron chi connectivity index (χ3n) is 3.84. The third kappa shape index (κ3) is 2.36. The lowest BCUT2D eigenvalue weighted by molar-refractivity contribution is -0.135. The highest BCUT2D eigenvalue weighted by molar-refractivity contribution is 5.78. The van der Waals surface area contributed by atoms with Crippen LogP contribution in [0.4, 0.5) is 0 Å². The van der Waals surface area contributed by atoms with E-state index in [4.69, 9.17) is 4.74 Å². The molecule has 0 amide bonds. The topological polar surface area (TPSA) is 42.4 Å². The number of benzene rings is 1. The van der Waals surface area contributed by atoms with E-state index < -0.39 is 5.60 Å². The van der Waals surface area contributed by atoms with Gasteiger partial charge in [0.05, 0.1) is 23.3 Å². The van der Waals surface area contributed by atoms with Gasteiger partial charge in [0.1, 0.15) is 0 Å². The maximum atomic E-state index is 10.9. The van der Waals surface area contributed by atoms with Crippen molar-refractivity contribution in [2.45, 2.75) is 44.5 Å². The molecule has 1 aliphatic heterocycles. The second-order valence-electron chi connectivity index (χ2n) is 5.61. The Morgan fingerprint density at radius 1 is 1.21 bits per heavy atom. The van der Waals surface area contributed by atoms with E-state index in [0.29, 0.717) is 12.8 Å². The Labute approximate surface area is 113 Å². The van der Waals surface area contributed by atoms with E-state index in [1.807, 2.05) is 44.2 Å². The SMILES string of the molecule is CC1CC(O)(c2cnc3ccccc3c2)CC(C)O1. The molecule has 2 unspecified atom stereocenters. The van der Waals surface area contributed by atoms with E-state index >= 15 is 0 Å². The highest BCUT2D eigenvalue weighted by atomic mass is 16.5. The number of nitrogens with zero attached hydrogens (tertiary/aromatic N) is 1. The van der Waals surface area contributed by atoms with Gasteiger partial charge in [-0.2, -0.15) is 0 Å². The number of para-hydroxylation sites is 1. The van der Waals surface area contributed by atoms with E-state index in [-0.39, 0.29) is 12.2 Å². The zero-order valence-corrected chi connectivity index (χ0v) is 11.3. The Balaban J connectivity index is 2.02. The second kappa shape index (κ2) is 4.58. The fourth-order valence-electron chi connectivity index (χ4n) is 3.09. The van der Waals surface area contributed by atoms with Gasteiger partial charge in [0.15, 0.2) is 0 Å². The van der Waals surface area contributed by atoms with Crippen LogP contribution in [-0.2, 0) is 10.3 Å². The van der Waals surface area contributed by atoms with Crippen molar-refractivity contribution >= 4 is 10.9 Å². The lowest BCUT2D eigenvalue weighted by Gasteiger charge is -2.39. The van der Waals surface area contributed by atoms with E-state index in [9.17, 15) is 5.11 Å². The van der Waals surface area contributed by atoms with Crippen molar-refractivity contribution in [3.05, 3.63) is 42.1 Å². The first kappa shape index (κ1) is 12.6. The molecular formula is C16H19NO2. The molecule has 3 nitrogen and oxygen atoms in total. The summed E-state index contributed by atoms with van der Waals surface area (Å²) in [5.74, 6) is 0. The first-order chi connectivity index (χ1) is 9.07. The van der Waals surface area contributed by atoms with Crippen molar-refractivity contribution in [1.29, 1.82) is 0 Å². The van der Waals surface area contributed by atoms with Crippen LogP contribution in [0.1, 0.15) is 32.3 Å². The van der Waals surface area contributed by atoms with Gasteiger partial charge in [-0.25, -0.2) is 0 Å². The van der Waals surface area contributed by atoms with Crippen LogP contribution in [0.3, 0.4) is 0 Å². The van der Waals surface area contributed by atoms with Crippen molar-refractivity contribution in [2.75, 3.05) is 0 Å². The molecule has 0 radical (unpaired) electrons. The summed E-state index contributed by atoms with van der Waals surface area (Å²) in [7, 11) is 0. The Bertz CT molecular complexity index is 586. The maximum Gasteiger partial charge on any atom is 0.0960 e. The van der Waals surface area contributed by atoms with Gasteiger partial charge < -0.3 is 9.84 Å². The lowest BCUT2D eigenvalue weighted by atomic mass is 9.82. The lowest BCUT2D eigenvalue weighted by Crippen LogP contribution is -2.41. The van der Waals surface area contributed by atoms with Crippen LogP contribution in [0.25, 0.3) is 10.9 Å². The predicted octanol–water partition coefficient (Wildman–Crippen LogP) is 3.01. The third-order valence-corrected chi connectivity index (χ3v) is 3.84. The molecule has 1 saturated heterocycles. The molecule has 0 aliphatic carbocycles. The minimum Gasteiger partial charge on any atom is -0.385 e. The second-order valence-corrected chi connectivity index (χ2v) is 5.61. The van der Waals surface area contributed by atoms with E-state index in [2.05, 4.69) is 4.98 Å². The number of aliphatic hydroxyl groups is 1. The summed E-state index contributed by atoms with van der Waals surface area (Å²) in [6.07, 6.45) is 3.18. The Hall–Kier alpha value is -1.45. The highest BCUT2D eigenvalue weighted by Crippen LogP contribution is 2.37. The molecule has 1 N–H and O–H groups in total. The van der Waals surface area contributed by atoms with Gasteiger partial charge in [0, 0.05) is 30.0 Å². The van der Waals surface area contributed by atoms with Crippen molar-refractivity contribution in [1.82, 2.24) is 4.98 Å². The average molecular weight is 257 g/mol. The predicted molar refractivity (Wildman–Crippen MR) is 74.9 cm³/mol. The number of pyridine rings is 1. The monoisotopic (exact) mass is 257 g/mol. The maximum absolute atomic E-state index is 10.9. The van der Waals surface area contributed by atoms with Gasteiger partial charge >= 0.3 is 0 Å². The van der Waals surface area contributed by atoms with Gasteiger partial charge in [-0.05, 0) is 26.0 Å². The molecule has 1 aromatic heterocycles. The molecule has 2 atom stereocenters. The fourth-order valence-corrected chi connectivity index (χ4v) is 3.09. The van der Waals surface area contributed by atoms with Crippen LogP contribution in [0.2, 0.25) is 0 Å². The van der Waals surface area contributed by atoms with E-state index in [0.717, 1.165) is 16.5 Å². The molecule has 3 heteroatoms. The van der Waals surface area contributed by atoms with Gasteiger partial charge in [-0.1, -0.05) is 18.2 Å². The number of fused-ring (bicyclic) bond motifs is 1. The summed E-state index contributed by atoms with van der Waals surface area (Å²) < 4.78 is 5.71. The summed E-state index contributed by atoms with van der Waals surface area (Å²) in [6, 6.07) is 10.0. The number of hydrogen-bond acceptors (Lipinski definition) is 3. The molecule has 100 valence electrons. The first-order valence-electron chi connectivity index (χ1n) is 6.80. The molecule has 0 saturated carbocycles. The highest BCUT2D eigenvalue weighted by Gasteiger charge is 2.38. The summed E-state index contributed by atoms with van der Waals surface area (Å²) in [5, 5.41) is 12.0. The van der Waals surface area contributed by atoms with Crippen LogP contribution in [0.5, 0.6) is 0 Å². The van der Waals surface area contributed by atoms with Crippen LogP contribution < -0.4 is 0 Å². The quantitative estimate of drug-likeness (QED) is 0.854. The van der Waals surface area contributed by atoms with E-state index in [1.165, 1.54) is 0 Å². The first-order valence-corrected chi connectivity index (χ1v) is 6.80. The normalized spacial score (nSPS) is 31.5. The number of ether oxygens (including phenoxy) is 1. The van der Waals surface area contributed by atoms with Crippen LogP contribution >= 0.6 is 0 Å². The summed E-state index contributed by atoms with van der Waals surface area (Å²) in [4.78, 5) is 4.45. The molecule has 1 fully saturated rings. The molecule has 2 heterocycles. The van der Waals surface area contributed by atoms with Gasteiger partial charge in [0.2, 0.25) is 0 Å². The van der Waals surface area contributed by atoms with E-state index in [1.54, 1.807) is 6.20 Å². The molecule has 2 aromatic rings. The number of hydrogen-bond donors (Lipinski definition) is 1. The smallest absolute Gasteiger partial charge is 0.0960 e. The standard InChI is InChI=1S/C16H19NO2/c1-11-8-16(18,9-12(2)19-11)14-7-13-5-3-4-6-15(13)17-10-14/h3-7,10-12,18H,8-9H2,1-2H3. The van der Waals surface area contributed by atoms with Crippen LogP contribution in [0.15, 0.2) is 36.5 Å². The van der Waals surface area contributed by atoms with Crippen LogP contribution in [-0.4, -0.2) is 22.3 Å². The summed E-state index contributed by atoms with van der Waals surface area (Å²) in [6.45, 7) is 4.02. The molecule has 0 spiro atoms. The van der Waals surface area contributed by atoms with Crippen LogP contribution in [0, 0.1) is 0 Å². The molecular weight excluding hydrogens is 238 g/mol. The summed E-state index contributed by atoms with van der Waals surface area (Å²) >= 11 is 0. The van der Waals surface area contributed by atoms with Crippen molar-refractivity contribution in [3.63, 3.8) is 0 Å². The Morgan fingerprint density at radius 3 is 2.63 bits per heavy atom. The molecule has 0 bridgehead atoms. The van der Waals surface area contributed by atoms with Gasteiger partial charge in [-0.15, -0.1) is 0 Å². The molecule has 3 rings (SSSR count). The Kier molecular flexibility index (Phi) is 3.03. The minimum atomic E-state index is -0.825. The zero-order valence-electron chi connectivity index (χ0n) is 11.3. The fraction of sp³-hybridized carbons (Fsp3) is 0.438. The number of aromatic nitrogens is 1. The van der Waals surface area contributed by atoms with Gasteiger partial charge in [0.25, 0.3) is 0 Å². The van der Waals surface area contributed by atoms with Crippen molar-refractivity contribution in [2.24, 2.45) is 0 Å². The molecule has 1 aromatic carbocycles. The molecule has 19 heavy (non-hydrogen) atoms. The number of rotatable bonds is 1. The summed E-state index contributed by atoms with van der Waals surface area (Å²) in [5.41, 5.74) is 1.03. The van der Waals surface area contributed by atoms with Crippen molar-refractivity contribution < 1.29 is 9.84 Å². The molecule has 1 aliphatic rings. The van der Waals surface area contributed by atoms with Crippen molar-refractivity contribution in [3.8, 4) is 0 Å². The van der Waals surface area contributed by atoms with Gasteiger partial charge in [-0.3, -0.25) is 4.98 Å². The minimum absolute atomic E-state index is 0.0696. The largest absolute Gasteiger partial charge is 0.385 e. The zero-order chi connectivity index (χ0) is 13.5. The average Bonchev–Trinajstić information content (AvgIpc) is 2.36.